The van der Waals surface area contributed by atoms with Crippen LogP contribution in [0.3, 0.4) is 0 Å². The van der Waals surface area contributed by atoms with E-state index in [4.69, 9.17) is 17.3 Å². The van der Waals surface area contributed by atoms with Gasteiger partial charge in [0.05, 0.1) is 9.37 Å². The number of halogens is 2. The van der Waals surface area contributed by atoms with Crippen molar-refractivity contribution in [3.8, 4) is 0 Å². The molecule has 0 aliphatic heterocycles. The molecule has 1 aliphatic rings. The number of nitrogens with zero attached hydrogens (tertiary/aromatic N) is 1. The van der Waals surface area contributed by atoms with Gasteiger partial charge in [0.15, 0.2) is 0 Å². The maximum atomic E-state index is 12.6. The molecule has 100 valence electrons. The smallest absolute Gasteiger partial charge is 0.244 e. The lowest BCUT2D eigenvalue weighted by molar-refractivity contribution is 0.420. The minimum atomic E-state index is -3.54. The predicted octanol–water partition coefficient (Wildman–Crippen LogP) is 2.86. The highest BCUT2D eigenvalue weighted by Crippen LogP contribution is 2.37. The Bertz CT molecular complexity index is 573. The second-order valence-corrected chi connectivity index (χ2v) is 7.34. The van der Waals surface area contributed by atoms with Crippen LogP contribution in [-0.2, 0) is 10.0 Å². The molecular formula is C11H14BrClN2O2S. The van der Waals surface area contributed by atoms with Crippen molar-refractivity contribution in [3.63, 3.8) is 0 Å². The van der Waals surface area contributed by atoms with Crippen LogP contribution < -0.4 is 5.73 Å². The van der Waals surface area contributed by atoms with Gasteiger partial charge in [-0.2, -0.15) is 4.31 Å². The molecule has 1 fully saturated rings. The number of hydrogen-bond donors (Lipinski definition) is 1. The topological polar surface area (TPSA) is 63.4 Å². The molecule has 1 saturated carbocycles. The fourth-order valence-electron chi connectivity index (χ4n) is 1.89. The van der Waals surface area contributed by atoms with E-state index in [1.807, 2.05) is 6.92 Å². The zero-order valence-electron chi connectivity index (χ0n) is 9.86. The van der Waals surface area contributed by atoms with Gasteiger partial charge in [0.2, 0.25) is 10.0 Å². The van der Waals surface area contributed by atoms with Gasteiger partial charge in [-0.15, -0.1) is 0 Å². The van der Waals surface area contributed by atoms with E-state index >= 15 is 0 Å². The Morgan fingerprint density at radius 2 is 2.11 bits per heavy atom. The van der Waals surface area contributed by atoms with Gasteiger partial charge < -0.3 is 5.73 Å². The van der Waals surface area contributed by atoms with Crippen LogP contribution in [0.1, 0.15) is 19.8 Å². The van der Waals surface area contributed by atoms with Gasteiger partial charge in [0.25, 0.3) is 0 Å². The van der Waals surface area contributed by atoms with Crippen LogP contribution in [0.5, 0.6) is 0 Å². The van der Waals surface area contributed by atoms with Gasteiger partial charge >= 0.3 is 0 Å². The number of hydrogen-bond acceptors (Lipinski definition) is 3. The van der Waals surface area contributed by atoms with Crippen molar-refractivity contribution in [2.45, 2.75) is 30.7 Å². The molecule has 1 aromatic carbocycles. The summed E-state index contributed by atoms with van der Waals surface area (Å²) in [6, 6.07) is 3.08. The Kier molecular flexibility index (Phi) is 3.92. The third-order valence-corrected chi connectivity index (χ3v) is 6.30. The molecule has 0 amide bonds. The summed E-state index contributed by atoms with van der Waals surface area (Å²) >= 11 is 9.12. The summed E-state index contributed by atoms with van der Waals surface area (Å²) in [6.07, 6.45) is 1.83. The summed E-state index contributed by atoms with van der Waals surface area (Å²) in [6.45, 7) is 2.28. The van der Waals surface area contributed by atoms with Crippen molar-refractivity contribution in [2.75, 3.05) is 12.3 Å². The molecule has 7 heteroatoms. The summed E-state index contributed by atoms with van der Waals surface area (Å²) < 4.78 is 27.0. The highest BCUT2D eigenvalue weighted by atomic mass is 79.9. The lowest BCUT2D eigenvalue weighted by Gasteiger charge is -2.21. The predicted molar refractivity (Wildman–Crippen MR) is 76.2 cm³/mol. The largest absolute Gasteiger partial charge is 0.398 e. The standard InChI is InChI=1S/C11H14BrClN2O2S/c1-2-15(8-3-4-8)18(16,17)10-6-7(13)5-9(14)11(10)12/h5-6,8H,2-4,14H2,1H3. The molecule has 0 spiro atoms. The first-order valence-electron chi connectivity index (χ1n) is 5.64. The van der Waals surface area contributed by atoms with Gasteiger partial charge in [0.1, 0.15) is 0 Å². The first-order chi connectivity index (χ1) is 8.37. The zero-order valence-corrected chi connectivity index (χ0v) is 13.0. The minimum Gasteiger partial charge on any atom is -0.398 e. The summed E-state index contributed by atoms with van der Waals surface area (Å²) in [5, 5.41) is 0.320. The molecule has 0 radical (unpaired) electrons. The molecule has 0 bridgehead atoms. The van der Waals surface area contributed by atoms with Crippen molar-refractivity contribution in [1.82, 2.24) is 4.31 Å². The van der Waals surface area contributed by atoms with E-state index < -0.39 is 10.0 Å². The molecule has 0 aromatic heterocycles. The van der Waals surface area contributed by atoms with Gasteiger partial charge in [-0.25, -0.2) is 8.42 Å². The lowest BCUT2D eigenvalue weighted by Crippen LogP contribution is -2.33. The van der Waals surface area contributed by atoms with E-state index in [2.05, 4.69) is 15.9 Å². The number of sulfonamides is 1. The van der Waals surface area contributed by atoms with Crippen LogP contribution in [0.15, 0.2) is 21.5 Å². The molecule has 2 N–H and O–H groups in total. The van der Waals surface area contributed by atoms with Crippen LogP contribution in [0.25, 0.3) is 0 Å². The summed E-state index contributed by atoms with van der Waals surface area (Å²) in [5.74, 6) is 0. The van der Waals surface area contributed by atoms with E-state index in [1.165, 1.54) is 16.4 Å². The van der Waals surface area contributed by atoms with Crippen molar-refractivity contribution in [2.24, 2.45) is 0 Å². The molecule has 2 rings (SSSR count). The monoisotopic (exact) mass is 352 g/mol. The third-order valence-electron chi connectivity index (χ3n) is 2.88. The highest BCUT2D eigenvalue weighted by molar-refractivity contribution is 9.10. The fourth-order valence-corrected chi connectivity index (χ4v) is 4.84. The van der Waals surface area contributed by atoms with Crippen LogP contribution in [0, 0.1) is 0 Å². The van der Waals surface area contributed by atoms with Gasteiger partial charge in [-0.05, 0) is 40.9 Å². The SMILES string of the molecule is CCN(C1CC1)S(=O)(=O)c1cc(Cl)cc(N)c1Br. The van der Waals surface area contributed by atoms with Gasteiger partial charge in [-0.1, -0.05) is 18.5 Å². The Labute approximate surface area is 120 Å². The van der Waals surface area contributed by atoms with Gasteiger partial charge in [-0.3, -0.25) is 0 Å². The maximum absolute atomic E-state index is 12.6. The molecule has 0 unspecified atom stereocenters. The van der Waals surface area contributed by atoms with Crippen molar-refractivity contribution >= 4 is 43.2 Å². The van der Waals surface area contributed by atoms with Crippen LogP contribution >= 0.6 is 27.5 Å². The molecule has 1 aromatic rings. The molecule has 0 heterocycles. The molecule has 0 saturated heterocycles. The molecular weight excluding hydrogens is 340 g/mol. The quantitative estimate of drug-likeness (QED) is 0.847. The second kappa shape index (κ2) is 5.00. The summed E-state index contributed by atoms with van der Waals surface area (Å²) in [5.41, 5.74) is 6.06. The number of nitrogens with two attached hydrogens (primary N) is 1. The van der Waals surface area contributed by atoms with E-state index in [-0.39, 0.29) is 10.9 Å². The second-order valence-electron chi connectivity index (χ2n) is 4.25. The number of anilines is 1. The molecule has 0 atom stereocenters. The Morgan fingerprint density at radius 1 is 1.50 bits per heavy atom. The Balaban J connectivity index is 2.52. The van der Waals surface area contributed by atoms with Crippen LogP contribution in [0.2, 0.25) is 5.02 Å². The first-order valence-corrected chi connectivity index (χ1v) is 8.25. The maximum Gasteiger partial charge on any atom is 0.244 e. The van der Waals surface area contributed by atoms with Crippen molar-refractivity contribution < 1.29 is 8.42 Å². The van der Waals surface area contributed by atoms with Crippen molar-refractivity contribution in [3.05, 3.63) is 21.6 Å². The summed E-state index contributed by atoms with van der Waals surface area (Å²) in [7, 11) is -3.54. The van der Waals surface area contributed by atoms with E-state index in [9.17, 15) is 8.42 Å². The van der Waals surface area contributed by atoms with E-state index in [0.29, 0.717) is 21.7 Å². The van der Waals surface area contributed by atoms with E-state index in [1.54, 1.807) is 0 Å². The first kappa shape index (κ1) is 14.1. The number of benzene rings is 1. The molecule has 1 aliphatic carbocycles. The number of nitrogen functional groups attached to an aromatic ring is 1. The average Bonchev–Trinajstić information content (AvgIpc) is 3.08. The Morgan fingerprint density at radius 3 is 2.61 bits per heavy atom. The van der Waals surface area contributed by atoms with Crippen LogP contribution in [0.4, 0.5) is 5.69 Å². The normalized spacial score (nSPS) is 16.2. The Hall–Kier alpha value is -0.300. The number of rotatable bonds is 4. The highest BCUT2D eigenvalue weighted by Gasteiger charge is 2.38. The van der Waals surface area contributed by atoms with Crippen molar-refractivity contribution in [1.29, 1.82) is 0 Å². The van der Waals surface area contributed by atoms with E-state index in [0.717, 1.165) is 12.8 Å². The zero-order chi connectivity index (χ0) is 13.5. The third kappa shape index (κ3) is 2.52. The molecule has 18 heavy (non-hydrogen) atoms. The lowest BCUT2D eigenvalue weighted by atomic mass is 10.3. The van der Waals surface area contributed by atoms with Crippen LogP contribution in [-0.4, -0.2) is 25.3 Å². The summed E-state index contributed by atoms with van der Waals surface area (Å²) in [4.78, 5) is 0.140. The average molecular weight is 354 g/mol. The minimum absolute atomic E-state index is 0.118. The van der Waals surface area contributed by atoms with Gasteiger partial charge in [0, 0.05) is 23.3 Å². The molecule has 4 nitrogen and oxygen atoms in total. The fraction of sp³-hybridized carbons (Fsp3) is 0.455.